The Morgan fingerprint density at radius 1 is 1.00 bits per heavy atom. The smallest absolute Gasteiger partial charge is 0.228 e. The van der Waals surface area contributed by atoms with E-state index in [9.17, 15) is 5.11 Å². The summed E-state index contributed by atoms with van der Waals surface area (Å²) in [4.78, 5) is 26.3. The molecule has 8 nitrogen and oxygen atoms in total. The Bertz CT molecular complexity index is 1210. The highest BCUT2D eigenvalue weighted by Crippen LogP contribution is 2.30. The normalized spacial score (nSPS) is 18.4. The number of aliphatic hydroxyl groups excluding tert-OH is 1. The molecule has 1 unspecified atom stereocenters. The van der Waals surface area contributed by atoms with E-state index < -0.39 is 0 Å². The Morgan fingerprint density at radius 3 is 2.44 bits per heavy atom. The Kier molecular flexibility index (Phi) is 7.05. The summed E-state index contributed by atoms with van der Waals surface area (Å²) in [6, 6.07) is 8.83. The molecular formula is C28H37N7O. The van der Waals surface area contributed by atoms with Crippen LogP contribution in [0, 0.1) is 6.92 Å². The van der Waals surface area contributed by atoms with Crippen molar-refractivity contribution in [1.29, 1.82) is 0 Å². The third-order valence-corrected chi connectivity index (χ3v) is 7.37. The van der Waals surface area contributed by atoms with Gasteiger partial charge in [-0.3, -0.25) is 4.98 Å². The predicted octanol–water partition coefficient (Wildman–Crippen LogP) is 4.17. The van der Waals surface area contributed by atoms with Gasteiger partial charge in [-0.2, -0.15) is 4.98 Å². The molecule has 0 saturated carbocycles. The van der Waals surface area contributed by atoms with Crippen LogP contribution >= 0.6 is 0 Å². The van der Waals surface area contributed by atoms with Gasteiger partial charge in [0.15, 0.2) is 0 Å². The van der Waals surface area contributed by atoms with Crippen molar-refractivity contribution < 1.29 is 5.11 Å². The van der Waals surface area contributed by atoms with Crippen molar-refractivity contribution in [3.8, 4) is 11.3 Å². The molecule has 5 rings (SSSR count). The van der Waals surface area contributed by atoms with Crippen LogP contribution in [0.5, 0.6) is 0 Å². The highest BCUT2D eigenvalue weighted by Gasteiger charge is 2.26. The molecule has 36 heavy (non-hydrogen) atoms. The van der Waals surface area contributed by atoms with Gasteiger partial charge in [0.05, 0.1) is 12.3 Å². The standard InChI is InChI=1S/C28H37N7O/c1-19(2)24-15-23(7-8-29-24)25-16-26(32-28(31-25)35-9-5-6-21(35)4)33-10-12-34(13-11-33)27-20(3)14-22(18-36)17-30-27/h7-8,14-17,19,21,36H,5-6,9-13,18H2,1-4H3. The molecule has 2 aliphatic heterocycles. The summed E-state index contributed by atoms with van der Waals surface area (Å²) in [5.74, 6) is 3.17. The van der Waals surface area contributed by atoms with Crippen molar-refractivity contribution in [3.63, 3.8) is 0 Å². The minimum atomic E-state index is 0.0199. The van der Waals surface area contributed by atoms with Gasteiger partial charge in [0, 0.05) is 68.5 Å². The first kappa shape index (κ1) is 24.4. The average Bonchev–Trinajstić information content (AvgIpc) is 3.34. The molecule has 0 aliphatic carbocycles. The van der Waals surface area contributed by atoms with E-state index in [0.717, 1.165) is 78.4 Å². The van der Waals surface area contributed by atoms with Gasteiger partial charge in [0.25, 0.3) is 0 Å². The number of anilines is 3. The zero-order valence-corrected chi connectivity index (χ0v) is 21.9. The lowest BCUT2D eigenvalue weighted by molar-refractivity contribution is 0.281. The third kappa shape index (κ3) is 5.00. The minimum absolute atomic E-state index is 0.0199. The molecule has 3 aromatic rings. The van der Waals surface area contributed by atoms with Crippen molar-refractivity contribution in [2.45, 2.75) is 59.1 Å². The van der Waals surface area contributed by atoms with Crippen molar-refractivity contribution >= 4 is 17.6 Å². The first-order valence-corrected chi connectivity index (χ1v) is 13.1. The zero-order chi connectivity index (χ0) is 25.2. The molecule has 5 heterocycles. The maximum Gasteiger partial charge on any atom is 0.228 e. The van der Waals surface area contributed by atoms with Crippen LogP contribution < -0.4 is 14.7 Å². The van der Waals surface area contributed by atoms with E-state index >= 15 is 0 Å². The van der Waals surface area contributed by atoms with Crippen LogP contribution in [0.4, 0.5) is 17.6 Å². The summed E-state index contributed by atoms with van der Waals surface area (Å²) in [5.41, 5.74) is 5.07. The number of aryl methyl sites for hydroxylation is 1. The fourth-order valence-electron chi connectivity index (χ4n) is 5.20. The van der Waals surface area contributed by atoms with E-state index in [1.807, 2.05) is 12.3 Å². The van der Waals surface area contributed by atoms with Crippen molar-refractivity contribution in [2.24, 2.45) is 0 Å². The fraction of sp³-hybridized carbons (Fsp3) is 0.500. The number of aromatic nitrogens is 4. The molecule has 0 spiro atoms. The van der Waals surface area contributed by atoms with Crippen LogP contribution in [0.2, 0.25) is 0 Å². The molecule has 0 bridgehead atoms. The molecule has 2 aliphatic rings. The van der Waals surface area contributed by atoms with Crippen LogP contribution in [-0.2, 0) is 6.61 Å². The van der Waals surface area contributed by atoms with E-state index in [1.54, 1.807) is 6.20 Å². The second kappa shape index (κ2) is 10.4. The summed E-state index contributed by atoms with van der Waals surface area (Å²) in [5, 5.41) is 9.41. The lowest BCUT2D eigenvalue weighted by atomic mass is 10.1. The minimum Gasteiger partial charge on any atom is -0.392 e. The van der Waals surface area contributed by atoms with Gasteiger partial charge in [-0.1, -0.05) is 13.8 Å². The lowest BCUT2D eigenvalue weighted by Crippen LogP contribution is -2.47. The average molecular weight is 488 g/mol. The van der Waals surface area contributed by atoms with Gasteiger partial charge in [0.1, 0.15) is 11.6 Å². The lowest BCUT2D eigenvalue weighted by Gasteiger charge is -2.37. The summed E-state index contributed by atoms with van der Waals surface area (Å²) >= 11 is 0. The SMILES string of the molecule is Cc1cc(CO)cnc1N1CCN(c2cc(-c3ccnc(C(C)C)c3)nc(N3CCCC3C)n2)CC1. The molecule has 190 valence electrons. The Morgan fingerprint density at radius 2 is 1.78 bits per heavy atom. The van der Waals surface area contributed by atoms with E-state index in [-0.39, 0.29) is 6.61 Å². The molecule has 1 N–H and O–H groups in total. The quantitative estimate of drug-likeness (QED) is 0.555. The highest BCUT2D eigenvalue weighted by atomic mass is 16.3. The third-order valence-electron chi connectivity index (χ3n) is 7.37. The predicted molar refractivity (Wildman–Crippen MR) is 145 cm³/mol. The summed E-state index contributed by atoms with van der Waals surface area (Å²) < 4.78 is 0. The number of piperazine rings is 1. The monoisotopic (exact) mass is 487 g/mol. The Hall–Kier alpha value is -3.26. The first-order valence-electron chi connectivity index (χ1n) is 13.1. The summed E-state index contributed by atoms with van der Waals surface area (Å²) in [6.45, 7) is 13.2. The first-order chi connectivity index (χ1) is 17.4. The van der Waals surface area contributed by atoms with Crippen LogP contribution in [0.15, 0.2) is 36.7 Å². The second-order valence-corrected chi connectivity index (χ2v) is 10.3. The van der Waals surface area contributed by atoms with Gasteiger partial charge in [-0.05, 0) is 61.9 Å². The van der Waals surface area contributed by atoms with Crippen LogP contribution in [0.1, 0.15) is 56.4 Å². The van der Waals surface area contributed by atoms with E-state index in [0.29, 0.717) is 12.0 Å². The van der Waals surface area contributed by atoms with Gasteiger partial charge in [-0.15, -0.1) is 0 Å². The largest absolute Gasteiger partial charge is 0.392 e. The maximum absolute atomic E-state index is 9.41. The number of rotatable bonds is 6. The molecule has 8 heteroatoms. The Labute approximate surface area is 214 Å². The zero-order valence-electron chi connectivity index (χ0n) is 21.9. The highest BCUT2D eigenvalue weighted by molar-refractivity contribution is 5.66. The van der Waals surface area contributed by atoms with E-state index in [4.69, 9.17) is 9.97 Å². The van der Waals surface area contributed by atoms with Crippen molar-refractivity contribution in [2.75, 3.05) is 47.4 Å². The van der Waals surface area contributed by atoms with Gasteiger partial charge in [-0.25, -0.2) is 9.97 Å². The van der Waals surface area contributed by atoms with Crippen LogP contribution in [0.25, 0.3) is 11.3 Å². The van der Waals surface area contributed by atoms with Gasteiger partial charge >= 0.3 is 0 Å². The Balaban J connectivity index is 1.43. The van der Waals surface area contributed by atoms with Crippen LogP contribution in [-0.4, -0.2) is 63.8 Å². The molecule has 2 fully saturated rings. The van der Waals surface area contributed by atoms with Crippen molar-refractivity contribution in [3.05, 3.63) is 53.5 Å². The van der Waals surface area contributed by atoms with Crippen molar-refractivity contribution in [1.82, 2.24) is 19.9 Å². The number of nitrogens with zero attached hydrogens (tertiary/aromatic N) is 7. The van der Waals surface area contributed by atoms with Gasteiger partial charge < -0.3 is 19.8 Å². The summed E-state index contributed by atoms with van der Waals surface area (Å²) in [7, 11) is 0. The molecule has 1 atom stereocenters. The molecule has 2 saturated heterocycles. The number of hydrogen-bond donors (Lipinski definition) is 1. The molecule has 3 aromatic heterocycles. The molecular weight excluding hydrogens is 450 g/mol. The molecule has 0 radical (unpaired) electrons. The number of pyridine rings is 2. The number of hydrogen-bond acceptors (Lipinski definition) is 8. The fourth-order valence-corrected chi connectivity index (χ4v) is 5.20. The summed E-state index contributed by atoms with van der Waals surface area (Å²) in [6.07, 6.45) is 6.02. The van der Waals surface area contributed by atoms with Gasteiger partial charge in [0.2, 0.25) is 5.95 Å². The topological polar surface area (TPSA) is 81.5 Å². The maximum atomic E-state index is 9.41. The molecule has 0 aromatic carbocycles. The molecule has 0 amide bonds. The number of aliphatic hydroxyl groups is 1. The second-order valence-electron chi connectivity index (χ2n) is 10.3. The van der Waals surface area contributed by atoms with Crippen LogP contribution in [0.3, 0.4) is 0 Å². The van der Waals surface area contributed by atoms with E-state index in [2.05, 4.69) is 70.6 Å². The van der Waals surface area contributed by atoms with E-state index in [1.165, 1.54) is 12.8 Å².